The zero-order valence-electron chi connectivity index (χ0n) is 16.9. The second-order valence-electron chi connectivity index (χ2n) is 6.93. The van der Waals surface area contributed by atoms with E-state index in [2.05, 4.69) is 36.9 Å². The van der Waals surface area contributed by atoms with Crippen LogP contribution in [0.4, 0.5) is 5.69 Å². The molecule has 4 nitrogen and oxygen atoms in total. The van der Waals surface area contributed by atoms with Gasteiger partial charge in [-0.15, -0.1) is 0 Å². The smallest absolute Gasteiger partial charge is 0.266 e. The van der Waals surface area contributed by atoms with Gasteiger partial charge in [0.1, 0.15) is 12.4 Å². The van der Waals surface area contributed by atoms with Crippen LogP contribution in [0.5, 0.6) is 5.75 Å². The summed E-state index contributed by atoms with van der Waals surface area (Å²) in [5.41, 5.74) is 2.67. The average molecular weight is 593 g/mol. The van der Waals surface area contributed by atoms with E-state index in [-0.39, 0.29) is 5.91 Å². The first-order valence-electron chi connectivity index (χ1n) is 9.58. The minimum Gasteiger partial charge on any atom is -0.488 e. The predicted molar refractivity (Wildman–Crippen MR) is 140 cm³/mol. The first-order valence-corrected chi connectivity index (χ1v) is 12.4. The lowest BCUT2D eigenvalue weighted by Gasteiger charge is -2.09. The van der Waals surface area contributed by atoms with E-state index in [0.29, 0.717) is 27.4 Å². The second kappa shape index (κ2) is 10.3. The number of aliphatic imine (C=N–C) groups is 1. The molecule has 1 fully saturated rings. The number of carbonyl (C=O) groups excluding carboxylic acids is 1. The van der Waals surface area contributed by atoms with Crippen LogP contribution >= 0.6 is 55.2 Å². The van der Waals surface area contributed by atoms with Crippen molar-refractivity contribution < 1.29 is 9.53 Å². The van der Waals surface area contributed by atoms with Crippen LogP contribution in [0, 0.1) is 0 Å². The van der Waals surface area contributed by atoms with Crippen LogP contribution in [0.1, 0.15) is 11.1 Å². The Morgan fingerprint density at radius 1 is 1.06 bits per heavy atom. The summed E-state index contributed by atoms with van der Waals surface area (Å²) in [6.45, 7) is 0.485. The third kappa shape index (κ3) is 5.46. The van der Waals surface area contributed by atoms with Crippen LogP contribution in [-0.2, 0) is 11.4 Å². The molecule has 1 heterocycles. The standard InChI is InChI=1S/C24H17Br2ClN2O2S/c1-29-23(30)22(32-24(29)28-17-8-9-18(25)20(27)13-17)12-16-7-10-21(19(26)11-16)31-14-15-5-3-2-4-6-15/h2-13H,14H2,1H3/b22-12-,28-24?. The van der Waals surface area contributed by atoms with Gasteiger partial charge in [0, 0.05) is 11.5 Å². The molecule has 8 heteroatoms. The number of thioether (sulfide) groups is 1. The molecular formula is C24H17Br2ClN2O2S. The SMILES string of the molecule is CN1C(=O)/C(=C/c2ccc(OCc3ccccc3)c(Br)c2)SC1=Nc1ccc(Br)c(Cl)c1. The first kappa shape index (κ1) is 23.1. The highest BCUT2D eigenvalue weighted by Gasteiger charge is 2.30. The van der Waals surface area contributed by atoms with Crippen molar-refractivity contribution in [2.24, 2.45) is 4.99 Å². The molecule has 0 aliphatic carbocycles. The fraction of sp³-hybridized carbons (Fsp3) is 0.0833. The Morgan fingerprint density at radius 2 is 1.84 bits per heavy atom. The molecule has 0 saturated carbocycles. The highest BCUT2D eigenvalue weighted by Crippen LogP contribution is 2.35. The van der Waals surface area contributed by atoms with E-state index < -0.39 is 0 Å². The fourth-order valence-electron chi connectivity index (χ4n) is 2.93. The summed E-state index contributed by atoms with van der Waals surface area (Å²) in [5.74, 6) is 0.644. The Labute approximate surface area is 212 Å². The van der Waals surface area contributed by atoms with Gasteiger partial charge in [0.25, 0.3) is 5.91 Å². The number of hydrogen-bond donors (Lipinski definition) is 0. The maximum absolute atomic E-state index is 12.7. The number of amidine groups is 1. The first-order chi connectivity index (χ1) is 15.4. The third-order valence-corrected chi connectivity index (χ3v) is 7.53. The van der Waals surface area contributed by atoms with Crippen molar-refractivity contribution in [1.82, 2.24) is 4.90 Å². The van der Waals surface area contributed by atoms with Crippen LogP contribution in [0.15, 0.2) is 85.6 Å². The van der Waals surface area contributed by atoms with Crippen molar-refractivity contribution in [3.8, 4) is 5.75 Å². The predicted octanol–water partition coefficient (Wildman–Crippen LogP) is 7.68. The molecule has 0 spiro atoms. The molecule has 0 aromatic heterocycles. The van der Waals surface area contributed by atoms with Gasteiger partial charge in [-0.05, 0) is 91.2 Å². The van der Waals surface area contributed by atoms with Gasteiger partial charge in [-0.25, -0.2) is 4.99 Å². The molecular weight excluding hydrogens is 576 g/mol. The summed E-state index contributed by atoms with van der Waals surface area (Å²) < 4.78 is 7.53. The number of ether oxygens (including phenoxy) is 1. The van der Waals surface area contributed by atoms with Gasteiger partial charge < -0.3 is 4.74 Å². The average Bonchev–Trinajstić information content (AvgIpc) is 3.04. The van der Waals surface area contributed by atoms with E-state index in [1.165, 1.54) is 11.8 Å². The molecule has 0 unspecified atom stereocenters. The van der Waals surface area contributed by atoms with Crippen LogP contribution in [0.2, 0.25) is 5.02 Å². The van der Waals surface area contributed by atoms with E-state index in [0.717, 1.165) is 25.8 Å². The lowest BCUT2D eigenvalue weighted by atomic mass is 10.2. The Hall–Kier alpha value is -2.06. The zero-order valence-corrected chi connectivity index (χ0v) is 21.6. The molecule has 1 aliphatic heterocycles. The second-order valence-corrected chi connectivity index (χ2v) is 10.1. The highest BCUT2D eigenvalue weighted by molar-refractivity contribution is 9.10. The van der Waals surface area contributed by atoms with Gasteiger partial charge in [-0.2, -0.15) is 0 Å². The number of hydrogen-bond acceptors (Lipinski definition) is 4. The van der Waals surface area contributed by atoms with Crippen molar-refractivity contribution in [3.05, 3.63) is 96.7 Å². The number of benzene rings is 3. The fourth-order valence-corrected chi connectivity index (χ4v) is 4.85. The number of nitrogens with zero attached hydrogens (tertiary/aromatic N) is 2. The number of halogens is 3. The highest BCUT2D eigenvalue weighted by atomic mass is 79.9. The summed E-state index contributed by atoms with van der Waals surface area (Å²) in [7, 11) is 1.71. The quantitative estimate of drug-likeness (QED) is 0.286. The summed E-state index contributed by atoms with van der Waals surface area (Å²) in [6.07, 6.45) is 1.85. The zero-order chi connectivity index (χ0) is 22.7. The molecule has 4 rings (SSSR count). The Kier molecular flexibility index (Phi) is 7.40. The van der Waals surface area contributed by atoms with Crippen molar-refractivity contribution in [2.75, 3.05) is 7.05 Å². The third-order valence-electron chi connectivity index (χ3n) is 4.62. The van der Waals surface area contributed by atoms with E-state index >= 15 is 0 Å². The molecule has 0 N–H and O–H groups in total. The summed E-state index contributed by atoms with van der Waals surface area (Å²) in [5, 5.41) is 1.17. The van der Waals surface area contributed by atoms with Crippen LogP contribution in [0.25, 0.3) is 6.08 Å². The minimum absolute atomic E-state index is 0.0996. The Morgan fingerprint density at radius 3 is 2.56 bits per heavy atom. The molecule has 1 amide bonds. The largest absolute Gasteiger partial charge is 0.488 e. The van der Waals surface area contributed by atoms with Crippen molar-refractivity contribution in [1.29, 1.82) is 0 Å². The van der Waals surface area contributed by atoms with Crippen molar-refractivity contribution >= 4 is 78.1 Å². The molecule has 3 aromatic carbocycles. The molecule has 1 saturated heterocycles. The van der Waals surface area contributed by atoms with Gasteiger partial charge >= 0.3 is 0 Å². The monoisotopic (exact) mass is 590 g/mol. The Balaban J connectivity index is 1.50. The molecule has 32 heavy (non-hydrogen) atoms. The van der Waals surface area contributed by atoms with E-state index in [1.807, 2.05) is 66.7 Å². The van der Waals surface area contributed by atoms with Gasteiger partial charge in [0.2, 0.25) is 0 Å². The number of carbonyl (C=O) groups is 1. The molecule has 0 radical (unpaired) electrons. The molecule has 162 valence electrons. The molecule has 0 atom stereocenters. The van der Waals surface area contributed by atoms with Crippen LogP contribution < -0.4 is 4.74 Å². The maximum atomic E-state index is 12.7. The topological polar surface area (TPSA) is 41.9 Å². The summed E-state index contributed by atoms with van der Waals surface area (Å²) >= 11 is 14.4. The lowest BCUT2D eigenvalue weighted by Crippen LogP contribution is -2.23. The van der Waals surface area contributed by atoms with Gasteiger partial charge in [-0.3, -0.25) is 9.69 Å². The van der Waals surface area contributed by atoms with Crippen molar-refractivity contribution in [2.45, 2.75) is 6.61 Å². The van der Waals surface area contributed by atoms with E-state index in [4.69, 9.17) is 16.3 Å². The number of rotatable bonds is 5. The van der Waals surface area contributed by atoms with E-state index in [1.54, 1.807) is 18.0 Å². The normalized spacial score (nSPS) is 16.2. The maximum Gasteiger partial charge on any atom is 0.266 e. The van der Waals surface area contributed by atoms with Gasteiger partial charge in [-0.1, -0.05) is 48.0 Å². The number of likely N-dealkylation sites (N-methyl/N-ethyl adjacent to an activating group) is 1. The van der Waals surface area contributed by atoms with E-state index in [9.17, 15) is 4.79 Å². The number of amides is 1. The Bertz CT molecular complexity index is 1230. The molecule has 0 bridgehead atoms. The minimum atomic E-state index is -0.0996. The van der Waals surface area contributed by atoms with Crippen molar-refractivity contribution in [3.63, 3.8) is 0 Å². The van der Waals surface area contributed by atoms with Gasteiger partial charge in [0.15, 0.2) is 5.17 Å². The molecule has 3 aromatic rings. The van der Waals surface area contributed by atoms with Gasteiger partial charge in [0.05, 0.1) is 20.1 Å². The lowest BCUT2D eigenvalue weighted by molar-refractivity contribution is -0.121. The van der Waals surface area contributed by atoms with Crippen LogP contribution in [0.3, 0.4) is 0 Å². The van der Waals surface area contributed by atoms with Crippen LogP contribution in [-0.4, -0.2) is 23.0 Å². The summed E-state index contributed by atoms with van der Waals surface area (Å²) in [6, 6.07) is 21.2. The summed E-state index contributed by atoms with van der Waals surface area (Å²) in [4.78, 5) is 19.4. The molecule has 1 aliphatic rings.